The highest BCUT2D eigenvalue weighted by atomic mass is 79.9. The number of fused-ring (bicyclic) bond motifs is 1. The molecule has 0 atom stereocenters. The minimum absolute atomic E-state index is 0.177. The summed E-state index contributed by atoms with van der Waals surface area (Å²) in [4.78, 5) is 17.5. The monoisotopic (exact) mass is 477 g/mol. The van der Waals surface area contributed by atoms with Crippen molar-refractivity contribution in [2.45, 2.75) is 19.8 Å². The van der Waals surface area contributed by atoms with E-state index in [1.807, 2.05) is 37.3 Å². The zero-order valence-corrected chi connectivity index (χ0v) is 17.5. The van der Waals surface area contributed by atoms with Crippen molar-refractivity contribution in [1.82, 2.24) is 9.66 Å². The van der Waals surface area contributed by atoms with Gasteiger partial charge in [-0.25, -0.2) is 4.98 Å². The van der Waals surface area contributed by atoms with Crippen molar-refractivity contribution in [1.29, 1.82) is 0 Å². The van der Waals surface area contributed by atoms with Crippen LogP contribution in [0.5, 0.6) is 5.75 Å². The van der Waals surface area contributed by atoms with E-state index in [1.54, 1.807) is 19.4 Å². The van der Waals surface area contributed by atoms with Crippen LogP contribution in [0.2, 0.25) is 0 Å². The highest BCUT2D eigenvalue weighted by molar-refractivity contribution is 9.10. The van der Waals surface area contributed by atoms with Gasteiger partial charge >= 0.3 is 0 Å². The lowest BCUT2D eigenvalue weighted by molar-refractivity contribution is 0.412. The highest BCUT2D eigenvalue weighted by Gasteiger charge is 2.10. The van der Waals surface area contributed by atoms with Crippen LogP contribution in [0.1, 0.15) is 24.7 Å². The molecule has 0 bridgehead atoms. The van der Waals surface area contributed by atoms with Gasteiger partial charge in [0.2, 0.25) is 0 Å². The minimum Gasteiger partial charge on any atom is -0.496 e. The van der Waals surface area contributed by atoms with Crippen LogP contribution in [0.3, 0.4) is 0 Å². The molecule has 0 unspecified atom stereocenters. The van der Waals surface area contributed by atoms with Crippen molar-refractivity contribution in [2.75, 3.05) is 7.11 Å². The quantitative estimate of drug-likeness (QED) is 0.496. The molecular weight excluding hydrogens is 462 g/mol. The van der Waals surface area contributed by atoms with Gasteiger partial charge in [0.15, 0.2) is 0 Å². The number of rotatable bonds is 5. The SMILES string of the molecule is CCCc1nc2ccc(Br)cc2c(=O)n1N=Cc1ccc(OC)c(Br)c1. The summed E-state index contributed by atoms with van der Waals surface area (Å²) in [5.74, 6) is 1.39. The molecule has 1 aromatic heterocycles. The predicted octanol–water partition coefficient (Wildman–Crippen LogP) is 4.76. The van der Waals surface area contributed by atoms with E-state index >= 15 is 0 Å². The van der Waals surface area contributed by atoms with Crippen molar-refractivity contribution in [2.24, 2.45) is 5.10 Å². The molecule has 5 nitrogen and oxygen atoms in total. The molecule has 0 saturated carbocycles. The van der Waals surface area contributed by atoms with Gasteiger partial charge < -0.3 is 4.74 Å². The molecule has 0 aliphatic heterocycles. The van der Waals surface area contributed by atoms with E-state index in [0.717, 1.165) is 26.7 Å². The zero-order chi connectivity index (χ0) is 18.7. The smallest absolute Gasteiger partial charge is 0.282 e. The maximum atomic E-state index is 12.9. The van der Waals surface area contributed by atoms with Crippen molar-refractivity contribution >= 4 is 49.0 Å². The Kier molecular flexibility index (Phi) is 5.88. The number of hydrogen-bond donors (Lipinski definition) is 0. The van der Waals surface area contributed by atoms with Gasteiger partial charge in [0.05, 0.1) is 28.7 Å². The average Bonchev–Trinajstić information content (AvgIpc) is 2.62. The molecule has 3 rings (SSSR count). The Morgan fingerprint density at radius 3 is 2.73 bits per heavy atom. The molecule has 134 valence electrons. The normalized spacial score (nSPS) is 11.4. The van der Waals surface area contributed by atoms with Gasteiger partial charge in [0, 0.05) is 10.9 Å². The van der Waals surface area contributed by atoms with E-state index in [0.29, 0.717) is 23.1 Å². The van der Waals surface area contributed by atoms with Gasteiger partial charge in [0.25, 0.3) is 5.56 Å². The Hall–Kier alpha value is -1.99. The third-order valence-corrected chi connectivity index (χ3v) is 4.96. The number of aromatic nitrogens is 2. The topological polar surface area (TPSA) is 56.5 Å². The molecule has 0 amide bonds. The first-order valence-electron chi connectivity index (χ1n) is 8.12. The average molecular weight is 479 g/mol. The van der Waals surface area contributed by atoms with Crippen LogP contribution in [0.4, 0.5) is 0 Å². The van der Waals surface area contributed by atoms with Crippen molar-refractivity contribution in [3.8, 4) is 5.75 Å². The van der Waals surface area contributed by atoms with Crippen LogP contribution in [0.25, 0.3) is 10.9 Å². The molecule has 0 aliphatic carbocycles. The first kappa shape index (κ1) is 18.8. The Morgan fingerprint density at radius 1 is 1.23 bits per heavy atom. The molecule has 3 aromatic rings. The second-order valence-electron chi connectivity index (χ2n) is 5.70. The molecule has 0 saturated heterocycles. The summed E-state index contributed by atoms with van der Waals surface area (Å²) >= 11 is 6.86. The maximum absolute atomic E-state index is 12.9. The fourth-order valence-electron chi connectivity index (χ4n) is 2.59. The standard InChI is InChI=1S/C19H17Br2N3O2/c1-3-4-18-23-16-7-6-13(20)10-14(16)19(25)24(18)22-11-12-5-8-17(26-2)15(21)9-12/h5-11H,3-4H2,1-2H3. The largest absolute Gasteiger partial charge is 0.496 e. The van der Waals surface area contributed by atoms with Crippen LogP contribution in [0, 0.1) is 0 Å². The van der Waals surface area contributed by atoms with Crippen molar-refractivity contribution < 1.29 is 4.74 Å². The van der Waals surface area contributed by atoms with Gasteiger partial charge in [-0.1, -0.05) is 22.9 Å². The van der Waals surface area contributed by atoms with Crippen LogP contribution in [-0.4, -0.2) is 23.0 Å². The Bertz CT molecular complexity index is 1040. The van der Waals surface area contributed by atoms with Crippen LogP contribution >= 0.6 is 31.9 Å². The third kappa shape index (κ3) is 3.88. The lowest BCUT2D eigenvalue weighted by Gasteiger charge is -2.09. The number of halogens is 2. The van der Waals surface area contributed by atoms with Crippen molar-refractivity contribution in [3.63, 3.8) is 0 Å². The number of benzene rings is 2. The number of hydrogen-bond acceptors (Lipinski definition) is 4. The third-order valence-electron chi connectivity index (χ3n) is 3.85. The lowest BCUT2D eigenvalue weighted by atomic mass is 10.2. The molecule has 0 N–H and O–H groups in total. The summed E-state index contributed by atoms with van der Waals surface area (Å²) in [6.07, 6.45) is 3.19. The highest BCUT2D eigenvalue weighted by Crippen LogP contribution is 2.25. The molecule has 1 heterocycles. The van der Waals surface area contributed by atoms with Crippen LogP contribution < -0.4 is 10.3 Å². The summed E-state index contributed by atoms with van der Waals surface area (Å²) in [6.45, 7) is 2.05. The maximum Gasteiger partial charge on any atom is 0.282 e. The molecule has 0 radical (unpaired) electrons. The van der Waals surface area contributed by atoms with Gasteiger partial charge in [-0.05, 0) is 64.3 Å². The number of ether oxygens (including phenoxy) is 1. The van der Waals surface area contributed by atoms with Crippen LogP contribution in [-0.2, 0) is 6.42 Å². The molecule has 0 fully saturated rings. The molecule has 2 aromatic carbocycles. The fraction of sp³-hybridized carbons (Fsp3) is 0.211. The van der Waals surface area contributed by atoms with Crippen LogP contribution in [0.15, 0.2) is 55.2 Å². The molecule has 26 heavy (non-hydrogen) atoms. The summed E-state index contributed by atoms with van der Waals surface area (Å²) < 4.78 is 8.28. The summed E-state index contributed by atoms with van der Waals surface area (Å²) in [7, 11) is 1.61. The minimum atomic E-state index is -0.177. The fourth-order valence-corrected chi connectivity index (χ4v) is 3.51. The second kappa shape index (κ2) is 8.14. The number of methoxy groups -OCH3 is 1. The summed E-state index contributed by atoms with van der Waals surface area (Å²) in [5.41, 5.74) is 1.35. The van der Waals surface area contributed by atoms with E-state index in [-0.39, 0.29) is 5.56 Å². The van der Waals surface area contributed by atoms with Gasteiger partial charge in [-0.15, -0.1) is 0 Å². The zero-order valence-electron chi connectivity index (χ0n) is 14.4. The second-order valence-corrected chi connectivity index (χ2v) is 7.47. The molecule has 7 heteroatoms. The van der Waals surface area contributed by atoms with Crippen molar-refractivity contribution in [3.05, 3.63) is 67.1 Å². The van der Waals surface area contributed by atoms with Gasteiger partial charge in [-0.2, -0.15) is 9.78 Å². The Labute approximate surface area is 168 Å². The summed E-state index contributed by atoms with van der Waals surface area (Å²) in [5, 5.41) is 4.95. The number of aryl methyl sites for hydroxylation is 1. The first-order chi connectivity index (χ1) is 12.5. The Morgan fingerprint density at radius 2 is 2.04 bits per heavy atom. The summed E-state index contributed by atoms with van der Waals surface area (Å²) in [6, 6.07) is 11.1. The number of nitrogens with zero attached hydrogens (tertiary/aromatic N) is 3. The lowest BCUT2D eigenvalue weighted by Crippen LogP contribution is -2.22. The van der Waals surface area contributed by atoms with Gasteiger partial charge in [-0.3, -0.25) is 4.79 Å². The molecular formula is C19H17Br2N3O2. The van der Waals surface area contributed by atoms with E-state index in [4.69, 9.17) is 4.74 Å². The van der Waals surface area contributed by atoms with E-state index < -0.39 is 0 Å². The van der Waals surface area contributed by atoms with E-state index in [2.05, 4.69) is 41.9 Å². The molecule has 0 aliphatic rings. The predicted molar refractivity (Wildman–Crippen MR) is 111 cm³/mol. The van der Waals surface area contributed by atoms with E-state index in [1.165, 1.54) is 4.68 Å². The van der Waals surface area contributed by atoms with Gasteiger partial charge in [0.1, 0.15) is 11.6 Å². The first-order valence-corrected chi connectivity index (χ1v) is 9.71. The van der Waals surface area contributed by atoms with E-state index in [9.17, 15) is 4.79 Å². The molecule has 0 spiro atoms. The Balaban J connectivity index is 2.10.